The number of furan rings is 1. The van der Waals surface area contributed by atoms with Crippen LogP contribution in [-0.2, 0) is 11.3 Å². The van der Waals surface area contributed by atoms with Gasteiger partial charge in [0.1, 0.15) is 0 Å². The zero-order valence-electron chi connectivity index (χ0n) is 12.6. The van der Waals surface area contributed by atoms with Gasteiger partial charge in [-0.2, -0.15) is 0 Å². The molecule has 0 atom stereocenters. The molecule has 0 radical (unpaired) electrons. The van der Waals surface area contributed by atoms with Crippen LogP contribution in [0.1, 0.15) is 29.1 Å². The van der Waals surface area contributed by atoms with E-state index in [0.29, 0.717) is 5.13 Å². The number of aromatic nitrogens is 1. The van der Waals surface area contributed by atoms with E-state index in [9.17, 15) is 9.59 Å². The summed E-state index contributed by atoms with van der Waals surface area (Å²) < 4.78 is 4.95. The molecule has 0 spiro atoms. The standard InChI is InChI=1S/C15H18N4O3S/c20-13(8-16-14(21)12-4-3-7-22-12)18-15-17-11(10-23-15)9-19-5-1-2-6-19/h3-4,7,10H,1-2,5-6,8-9H2,(H,16,21)(H,17,18,20). The molecule has 3 rings (SSSR count). The van der Waals surface area contributed by atoms with Gasteiger partial charge in [-0.15, -0.1) is 11.3 Å². The molecule has 3 heterocycles. The van der Waals surface area contributed by atoms with Gasteiger partial charge in [0, 0.05) is 11.9 Å². The van der Waals surface area contributed by atoms with E-state index in [1.807, 2.05) is 5.38 Å². The topological polar surface area (TPSA) is 87.5 Å². The van der Waals surface area contributed by atoms with E-state index in [4.69, 9.17) is 4.42 Å². The number of amides is 2. The van der Waals surface area contributed by atoms with Gasteiger partial charge in [0.15, 0.2) is 10.9 Å². The Hall–Kier alpha value is -2.19. The van der Waals surface area contributed by atoms with Gasteiger partial charge in [-0.05, 0) is 38.1 Å². The second-order valence-electron chi connectivity index (χ2n) is 5.34. The van der Waals surface area contributed by atoms with E-state index >= 15 is 0 Å². The molecule has 2 amide bonds. The van der Waals surface area contributed by atoms with E-state index in [1.54, 1.807) is 12.1 Å². The largest absolute Gasteiger partial charge is 0.459 e. The van der Waals surface area contributed by atoms with Crippen LogP contribution >= 0.6 is 11.3 Å². The summed E-state index contributed by atoms with van der Waals surface area (Å²) in [5.74, 6) is -0.550. The summed E-state index contributed by atoms with van der Waals surface area (Å²) in [7, 11) is 0. The van der Waals surface area contributed by atoms with Crippen molar-refractivity contribution in [3.05, 3.63) is 35.2 Å². The third-order valence-corrected chi connectivity index (χ3v) is 4.34. The van der Waals surface area contributed by atoms with Crippen LogP contribution in [0.5, 0.6) is 0 Å². The number of hydrogen-bond donors (Lipinski definition) is 2. The smallest absolute Gasteiger partial charge is 0.287 e. The summed E-state index contributed by atoms with van der Waals surface area (Å²) >= 11 is 1.39. The number of thiazole rings is 1. The zero-order chi connectivity index (χ0) is 16.1. The maximum atomic E-state index is 11.8. The fraction of sp³-hybridized carbons (Fsp3) is 0.400. The Morgan fingerprint density at radius 3 is 2.91 bits per heavy atom. The third kappa shape index (κ3) is 4.40. The molecule has 1 aliphatic rings. The van der Waals surface area contributed by atoms with Gasteiger partial charge in [0.05, 0.1) is 18.5 Å². The second-order valence-corrected chi connectivity index (χ2v) is 6.19. The van der Waals surface area contributed by atoms with E-state index < -0.39 is 5.91 Å². The highest BCUT2D eigenvalue weighted by molar-refractivity contribution is 7.13. The maximum Gasteiger partial charge on any atom is 0.287 e. The number of rotatable bonds is 6. The van der Waals surface area contributed by atoms with Crippen LogP contribution in [-0.4, -0.2) is 41.3 Å². The lowest BCUT2D eigenvalue weighted by molar-refractivity contribution is -0.115. The Bertz CT molecular complexity index is 662. The highest BCUT2D eigenvalue weighted by Gasteiger charge is 2.15. The zero-order valence-corrected chi connectivity index (χ0v) is 13.4. The molecule has 2 aromatic heterocycles. The van der Waals surface area contributed by atoms with Crippen LogP contribution in [0.2, 0.25) is 0 Å². The Balaban J connectivity index is 1.44. The van der Waals surface area contributed by atoms with Crippen molar-refractivity contribution in [1.82, 2.24) is 15.2 Å². The van der Waals surface area contributed by atoms with Crippen LogP contribution in [0.3, 0.4) is 0 Å². The molecule has 1 fully saturated rings. The van der Waals surface area contributed by atoms with Crippen LogP contribution < -0.4 is 10.6 Å². The van der Waals surface area contributed by atoms with Crippen molar-refractivity contribution in [3.8, 4) is 0 Å². The van der Waals surface area contributed by atoms with Crippen molar-refractivity contribution in [2.75, 3.05) is 25.0 Å². The average Bonchev–Trinajstić information content (AvgIpc) is 3.28. The molecule has 0 unspecified atom stereocenters. The predicted octanol–water partition coefficient (Wildman–Crippen LogP) is 1.70. The number of likely N-dealkylation sites (tertiary alicyclic amines) is 1. The van der Waals surface area contributed by atoms with Gasteiger partial charge >= 0.3 is 0 Å². The van der Waals surface area contributed by atoms with E-state index in [2.05, 4.69) is 20.5 Å². The molecular weight excluding hydrogens is 316 g/mol. The molecule has 8 heteroatoms. The highest BCUT2D eigenvalue weighted by Crippen LogP contribution is 2.18. The summed E-state index contributed by atoms with van der Waals surface area (Å²) in [5, 5.41) is 7.69. The van der Waals surface area contributed by atoms with E-state index in [0.717, 1.165) is 25.3 Å². The van der Waals surface area contributed by atoms with Crippen LogP contribution in [0.25, 0.3) is 0 Å². The summed E-state index contributed by atoms with van der Waals surface area (Å²) in [6.45, 7) is 2.91. The molecule has 122 valence electrons. The van der Waals surface area contributed by atoms with Crippen molar-refractivity contribution in [3.63, 3.8) is 0 Å². The molecule has 7 nitrogen and oxygen atoms in total. The summed E-state index contributed by atoms with van der Waals surface area (Å²) in [6, 6.07) is 3.16. The number of nitrogens with zero attached hydrogens (tertiary/aromatic N) is 2. The molecule has 0 aromatic carbocycles. The lowest BCUT2D eigenvalue weighted by Crippen LogP contribution is -2.32. The van der Waals surface area contributed by atoms with E-state index in [1.165, 1.54) is 30.4 Å². The number of nitrogens with one attached hydrogen (secondary N) is 2. The maximum absolute atomic E-state index is 11.8. The SMILES string of the molecule is O=C(CNC(=O)c1ccco1)Nc1nc(CN2CCCC2)cs1. The molecule has 0 saturated carbocycles. The van der Waals surface area contributed by atoms with Crippen LogP contribution in [0.4, 0.5) is 5.13 Å². The van der Waals surface area contributed by atoms with Gasteiger partial charge in [0.25, 0.3) is 5.91 Å². The minimum absolute atomic E-state index is 0.124. The fourth-order valence-corrected chi connectivity index (χ4v) is 3.14. The van der Waals surface area contributed by atoms with Crippen molar-refractivity contribution >= 4 is 28.3 Å². The Kier molecular flexibility index (Phi) is 5.04. The molecule has 0 bridgehead atoms. The van der Waals surface area contributed by atoms with E-state index in [-0.39, 0.29) is 18.2 Å². The highest BCUT2D eigenvalue weighted by atomic mass is 32.1. The molecule has 1 saturated heterocycles. The van der Waals surface area contributed by atoms with Gasteiger partial charge in [-0.3, -0.25) is 14.5 Å². The lowest BCUT2D eigenvalue weighted by Gasteiger charge is -2.11. The van der Waals surface area contributed by atoms with Gasteiger partial charge in [0.2, 0.25) is 5.91 Å². The summed E-state index contributed by atoms with van der Waals surface area (Å²) in [4.78, 5) is 30.3. The Morgan fingerprint density at radius 2 is 2.17 bits per heavy atom. The number of anilines is 1. The quantitative estimate of drug-likeness (QED) is 0.839. The monoisotopic (exact) mass is 334 g/mol. The minimum Gasteiger partial charge on any atom is -0.459 e. The van der Waals surface area contributed by atoms with Crippen molar-refractivity contribution < 1.29 is 14.0 Å². The normalized spacial score (nSPS) is 14.8. The van der Waals surface area contributed by atoms with Crippen molar-refractivity contribution in [2.45, 2.75) is 19.4 Å². The molecule has 2 aromatic rings. The molecular formula is C15H18N4O3S. The third-order valence-electron chi connectivity index (χ3n) is 3.54. The van der Waals surface area contributed by atoms with Gasteiger partial charge in [-0.1, -0.05) is 0 Å². The summed E-state index contributed by atoms with van der Waals surface area (Å²) in [6.07, 6.45) is 3.89. The molecule has 1 aliphatic heterocycles. The number of carbonyl (C=O) groups is 2. The first-order chi connectivity index (χ1) is 11.2. The van der Waals surface area contributed by atoms with Crippen molar-refractivity contribution in [2.24, 2.45) is 0 Å². The molecule has 23 heavy (non-hydrogen) atoms. The molecule has 2 N–H and O–H groups in total. The summed E-state index contributed by atoms with van der Waals surface area (Å²) in [5.41, 5.74) is 0.965. The first-order valence-electron chi connectivity index (χ1n) is 7.49. The van der Waals surface area contributed by atoms with Crippen molar-refractivity contribution in [1.29, 1.82) is 0 Å². The molecule has 0 aliphatic carbocycles. The number of hydrogen-bond acceptors (Lipinski definition) is 6. The fourth-order valence-electron chi connectivity index (χ4n) is 2.43. The van der Waals surface area contributed by atoms with Crippen LogP contribution in [0, 0.1) is 0 Å². The first-order valence-corrected chi connectivity index (χ1v) is 8.37. The Labute approximate surface area is 137 Å². The lowest BCUT2D eigenvalue weighted by atomic mass is 10.4. The average molecular weight is 334 g/mol. The second kappa shape index (κ2) is 7.38. The first kappa shape index (κ1) is 15.7. The minimum atomic E-state index is -0.418. The number of carbonyl (C=O) groups excluding carboxylic acids is 2. The predicted molar refractivity (Wildman–Crippen MR) is 86.3 cm³/mol. The van der Waals surface area contributed by atoms with Gasteiger partial charge in [-0.25, -0.2) is 4.98 Å². The Morgan fingerprint density at radius 1 is 1.35 bits per heavy atom. The van der Waals surface area contributed by atoms with Gasteiger partial charge < -0.3 is 15.1 Å². The van der Waals surface area contributed by atoms with Crippen LogP contribution in [0.15, 0.2) is 28.2 Å².